The third-order valence-electron chi connectivity index (χ3n) is 3.13. The van der Waals surface area contributed by atoms with Gasteiger partial charge in [0.25, 0.3) is 0 Å². The van der Waals surface area contributed by atoms with Gasteiger partial charge in [0.05, 0.1) is 0 Å². The van der Waals surface area contributed by atoms with Crippen molar-refractivity contribution in [1.82, 2.24) is 9.97 Å². The number of benzene rings is 1. The number of anilines is 2. The summed E-state index contributed by atoms with van der Waals surface area (Å²) in [7, 11) is 2.01. The normalized spacial score (nSPS) is 10.5. The van der Waals surface area contributed by atoms with Crippen molar-refractivity contribution < 1.29 is 0 Å². The Hall–Kier alpha value is -1.81. The molecule has 0 unspecified atom stereocenters. The average molecular weight is 305 g/mol. The third kappa shape index (κ3) is 4.33. The average Bonchev–Trinajstić information content (AvgIpc) is 2.47. The molecule has 0 saturated heterocycles. The third-order valence-corrected chi connectivity index (χ3v) is 3.50. The maximum Gasteiger partial charge on any atom is 0.224 e. The molecule has 0 aliphatic carbocycles. The van der Waals surface area contributed by atoms with Gasteiger partial charge in [-0.3, -0.25) is 0 Å². The van der Waals surface area contributed by atoms with Crippen LogP contribution in [0.4, 0.5) is 11.8 Å². The standard InChI is InChI=1S/C16H21ClN4/c1-4-9-18-16-19-12(2)10-15(20-16)21(3)11-13-7-5-6-8-14(13)17/h5-8,10H,4,9,11H2,1-3H3,(H,18,19,20). The summed E-state index contributed by atoms with van der Waals surface area (Å²) in [6, 6.07) is 9.85. The molecule has 1 aromatic heterocycles. The van der Waals surface area contributed by atoms with Crippen LogP contribution in [0.3, 0.4) is 0 Å². The van der Waals surface area contributed by atoms with Gasteiger partial charge in [0.1, 0.15) is 5.82 Å². The Morgan fingerprint density at radius 2 is 2.00 bits per heavy atom. The molecular formula is C16H21ClN4. The summed E-state index contributed by atoms with van der Waals surface area (Å²) in [6.45, 7) is 5.68. The summed E-state index contributed by atoms with van der Waals surface area (Å²) in [5.74, 6) is 1.57. The van der Waals surface area contributed by atoms with Gasteiger partial charge in [-0.25, -0.2) is 4.98 Å². The molecule has 1 N–H and O–H groups in total. The van der Waals surface area contributed by atoms with Crippen LogP contribution in [0.15, 0.2) is 30.3 Å². The first-order valence-corrected chi connectivity index (χ1v) is 7.52. The zero-order valence-electron chi connectivity index (χ0n) is 12.7. The second-order valence-electron chi connectivity index (χ2n) is 5.07. The molecule has 0 fully saturated rings. The lowest BCUT2D eigenvalue weighted by Crippen LogP contribution is -2.19. The highest BCUT2D eigenvalue weighted by molar-refractivity contribution is 6.31. The lowest BCUT2D eigenvalue weighted by molar-refractivity contribution is 0.879. The van der Waals surface area contributed by atoms with Crippen LogP contribution in [0, 0.1) is 6.92 Å². The summed E-state index contributed by atoms with van der Waals surface area (Å²) >= 11 is 6.22. The van der Waals surface area contributed by atoms with Crippen LogP contribution in [-0.2, 0) is 6.54 Å². The fraction of sp³-hybridized carbons (Fsp3) is 0.375. The molecule has 0 saturated carbocycles. The van der Waals surface area contributed by atoms with Crippen molar-refractivity contribution in [2.45, 2.75) is 26.8 Å². The fourth-order valence-corrected chi connectivity index (χ4v) is 2.22. The van der Waals surface area contributed by atoms with Gasteiger partial charge < -0.3 is 10.2 Å². The maximum atomic E-state index is 6.22. The van der Waals surface area contributed by atoms with E-state index < -0.39 is 0 Å². The van der Waals surface area contributed by atoms with Gasteiger partial charge in [0.2, 0.25) is 5.95 Å². The zero-order valence-corrected chi connectivity index (χ0v) is 13.5. The molecule has 4 nitrogen and oxygen atoms in total. The number of hydrogen-bond acceptors (Lipinski definition) is 4. The monoisotopic (exact) mass is 304 g/mol. The van der Waals surface area contributed by atoms with Gasteiger partial charge in [-0.05, 0) is 25.0 Å². The van der Waals surface area contributed by atoms with Crippen LogP contribution in [0.2, 0.25) is 5.02 Å². The molecule has 2 aromatic rings. The second kappa shape index (κ2) is 7.27. The van der Waals surface area contributed by atoms with Crippen molar-refractivity contribution in [3.8, 4) is 0 Å². The molecule has 0 amide bonds. The van der Waals surface area contributed by atoms with Crippen LogP contribution >= 0.6 is 11.6 Å². The minimum absolute atomic E-state index is 0.679. The molecule has 112 valence electrons. The maximum absolute atomic E-state index is 6.22. The van der Waals surface area contributed by atoms with E-state index in [1.54, 1.807) is 0 Å². The molecule has 0 atom stereocenters. The molecule has 1 heterocycles. The van der Waals surface area contributed by atoms with Gasteiger partial charge >= 0.3 is 0 Å². The van der Waals surface area contributed by atoms with Crippen molar-refractivity contribution in [3.05, 3.63) is 46.6 Å². The molecule has 0 aliphatic rings. The van der Waals surface area contributed by atoms with Crippen LogP contribution in [0.1, 0.15) is 24.6 Å². The van der Waals surface area contributed by atoms with Crippen LogP contribution in [-0.4, -0.2) is 23.6 Å². The van der Waals surface area contributed by atoms with E-state index in [2.05, 4.69) is 27.1 Å². The minimum atomic E-state index is 0.679. The Balaban J connectivity index is 2.16. The van der Waals surface area contributed by atoms with Gasteiger partial charge in [0.15, 0.2) is 0 Å². The van der Waals surface area contributed by atoms with E-state index in [1.807, 2.05) is 44.3 Å². The Morgan fingerprint density at radius 3 is 2.71 bits per heavy atom. The summed E-state index contributed by atoms with van der Waals surface area (Å²) in [4.78, 5) is 11.0. The molecule has 1 aromatic carbocycles. The van der Waals surface area contributed by atoms with E-state index >= 15 is 0 Å². The zero-order chi connectivity index (χ0) is 15.2. The predicted molar refractivity (Wildman–Crippen MR) is 89.1 cm³/mol. The number of aryl methyl sites for hydroxylation is 1. The van der Waals surface area contributed by atoms with Gasteiger partial charge in [-0.2, -0.15) is 4.98 Å². The number of nitrogens with one attached hydrogen (secondary N) is 1. The number of nitrogens with zero attached hydrogens (tertiary/aromatic N) is 3. The summed E-state index contributed by atoms with van der Waals surface area (Å²) in [5.41, 5.74) is 2.03. The topological polar surface area (TPSA) is 41.1 Å². The molecule has 0 bridgehead atoms. The van der Waals surface area contributed by atoms with E-state index in [0.717, 1.165) is 35.1 Å². The van der Waals surface area contributed by atoms with E-state index in [-0.39, 0.29) is 0 Å². The molecular weight excluding hydrogens is 284 g/mol. The highest BCUT2D eigenvalue weighted by atomic mass is 35.5. The number of hydrogen-bond donors (Lipinski definition) is 1. The molecule has 2 rings (SSSR count). The van der Waals surface area contributed by atoms with Crippen LogP contribution in [0.25, 0.3) is 0 Å². The molecule has 0 aliphatic heterocycles. The highest BCUT2D eigenvalue weighted by Gasteiger charge is 2.09. The number of aromatic nitrogens is 2. The predicted octanol–water partition coefficient (Wildman–Crippen LogP) is 3.90. The van der Waals surface area contributed by atoms with Crippen LogP contribution < -0.4 is 10.2 Å². The first-order valence-electron chi connectivity index (χ1n) is 7.14. The van der Waals surface area contributed by atoms with Crippen molar-refractivity contribution in [2.75, 3.05) is 23.8 Å². The van der Waals surface area contributed by atoms with Gasteiger partial charge in [0, 0.05) is 36.9 Å². The second-order valence-corrected chi connectivity index (χ2v) is 5.47. The minimum Gasteiger partial charge on any atom is -0.355 e. The lowest BCUT2D eigenvalue weighted by Gasteiger charge is -2.20. The SMILES string of the molecule is CCCNc1nc(C)cc(N(C)Cc2ccccc2Cl)n1. The quantitative estimate of drug-likeness (QED) is 0.879. The smallest absolute Gasteiger partial charge is 0.224 e. The summed E-state index contributed by atoms with van der Waals surface area (Å²) in [6.07, 6.45) is 1.04. The van der Waals surface area contributed by atoms with Gasteiger partial charge in [-0.1, -0.05) is 36.7 Å². The highest BCUT2D eigenvalue weighted by Crippen LogP contribution is 2.20. The first kappa shape index (κ1) is 15.6. The molecule has 21 heavy (non-hydrogen) atoms. The lowest BCUT2D eigenvalue weighted by atomic mass is 10.2. The van der Waals surface area contributed by atoms with E-state index in [0.29, 0.717) is 12.5 Å². The molecule has 5 heteroatoms. The van der Waals surface area contributed by atoms with Crippen molar-refractivity contribution >= 4 is 23.4 Å². The first-order chi connectivity index (χ1) is 10.1. The molecule has 0 radical (unpaired) electrons. The number of halogens is 1. The van der Waals surface area contributed by atoms with Crippen molar-refractivity contribution in [2.24, 2.45) is 0 Å². The van der Waals surface area contributed by atoms with E-state index in [9.17, 15) is 0 Å². The Bertz CT molecular complexity index is 601. The Morgan fingerprint density at radius 1 is 1.24 bits per heavy atom. The summed E-state index contributed by atoms with van der Waals surface area (Å²) < 4.78 is 0. The van der Waals surface area contributed by atoms with E-state index in [1.165, 1.54) is 0 Å². The summed E-state index contributed by atoms with van der Waals surface area (Å²) in [5, 5.41) is 4.01. The van der Waals surface area contributed by atoms with Gasteiger partial charge in [-0.15, -0.1) is 0 Å². The van der Waals surface area contributed by atoms with Crippen LogP contribution in [0.5, 0.6) is 0 Å². The fourth-order valence-electron chi connectivity index (χ4n) is 2.03. The number of rotatable bonds is 6. The Kier molecular flexibility index (Phi) is 5.39. The van der Waals surface area contributed by atoms with E-state index in [4.69, 9.17) is 11.6 Å². The molecule has 0 spiro atoms. The Labute approximate surface area is 131 Å². The van der Waals surface area contributed by atoms with Crippen molar-refractivity contribution in [1.29, 1.82) is 0 Å². The largest absolute Gasteiger partial charge is 0.355 e. The van der Waals surface area contributed by atoms with Crippen molar-refractivity contribution in [3.63, 3.8) is 0 Å².